The molecule has 2 rings (SSSR count). The van der Waals surface area contributed by atoms with E-state index in [2.05, 4.69) is 0 Å². The lowest BCUT2D eigenvalue weighted by atomic mass is 10.1. The van der Waals surface area contributed by atoms with E-state index in [-0.39, 0.29) is 11.7 Å². The molecule has 1 N–H and O–H groups in total. The Morgan fingerprint density at radius 1 is 1.35 bits per heavy atom. The van der Waals surface area contributed by atoms with Gasteiger partial charge in [-0.15, -0.1) is 0 Å². The molecule has 1 aromatic heterocycles. The highest BCUT2D eigenvalue weighted by molar-refractivity contribution is 5.94. The van der Waals surface area contributed by atoms with E-state index < -0.39 is 0 Å². The number of phenolic OH excluding ortho intramolecular Hbond substituents is 1. The number of ether oxygens (including phenoxy) is 1. The van der Waals surface area contributed by atoms with Crippen molar-refractivity contribution in [2.75, 3.05) is 14.2 Å². The second-order valence-corrected chi connectivity index (χ2v) is 4.56. The van der Waals surface area contributed by atoms with Crippen molar-refractivity contribution < 1.29 is 19.1 Å². The van der Waals surface area contributed by atoms with Gasteiger partial charge in [-0.1, -0.05) is 0 Å². The molecule has 0 aliphatic carbocycles. The van der Waals surface area contributed by atoms with Crippen molar-refractivity contribution in [3.8, 4) is 11.5 Å². The summed E-state index contributed by atoms with van der Waals surface area (Å²) in [6, 6.07) is 8.26. The summed E-state index contributed by atoms with van der Waals surface area (Å²) in [4.78, 5) is 13.8. The van der Waals surface area contributed by atoms with E-state index in [1.807, 2.05) is 19.1 Å². The molecular weight excluding hydrogens is 258 g/mol. The average molecular weight is 275 g/mol. The molecule has 0 fully saturated rings. The Morgan fingerprint density at radius 3 is 2.65 bits per heavy atom. The summed E-state index contributed by atoms with van der Waals surface area (Å²) in [5, 5.41) is 9.70. The summed E-state index contributed by atoms with van der Waals surface area (Å²) in [6.45, 7) is 2.23. The molecule has 0 spiro atoms. The number of carbonyl (C=O) groups is 1. The lowest BCUT2D eigenvalue weighted by Gasteiger charge is -2.16. The first-order valence-corrected chi connectivity index (χ1v) is 6.19. The van der Waals surface area contributed by atoms with Gasteiger partial charge in [-0.25, -0.2) is 0 Å². The van der Waals surface area contributed by atoms with Crippen molar-refractivity contribution >= 4 is 5.91 Å². The molecule has 0 bridgehead atoms. The van der Waals surface area contributed by atoms with E-state index >= 15 is 0 Å². The van der Waals surface area contributed by atoms with Crippen LogP contribution in [0.3, 0.4) is 0 Å². The van der Waals surface area contributed by atoms with Gasteiger partial charge < -0.3 is 19.2 Å². The van der Waals surface area contributed by atoms with E-state index in [0.29, 0.717) is 17.9 Å². The lowest BCUT2D eigenvalue weighted by molar-refractivity contribution is 0.0774. The number of methoxy groups -OCH3 is 1. The number of aromatic hydroxyl groups is 1. The smallest absolute Gasteiger partial charge is 0.254 e. The number of aryl methyl sites for hydroxylation is 1. The van der Waals surface area contributed by atoms with Gasteiger partial charge in [0.1, 0.15) is 11.5 Å². The first kappa shape index (κ1) is 14.0. The maximum Gasteiger partial charge on any atom is 0.254 e. The number of phenols is 1. The summed E-state index contributed by atoms with van der Waals surface area (Å²) in [5.41, 5.74) is 0.397. The quantitative estimate of drug-likeness (QED) is 0.931. The molecule has 1 heterocycles. The molecule has 1 aromatic carbocycles. The van der Waals surface area contributed by atoms with Gasteiger partial charge >= 0.3 is 0 Å². The Bertz CT molecular complexity index is 618. The molecule has 106 valence electrons. The molecule has 0 saturated carbocycles. The molecule has 0 atom stereocenters. The van der Waals surface area contributed by atoms with Gasteiger partial charge in [0.25, 0.3) is 5.91 Å². The molecule has 2 aromatic rings. The van der Waals surface area contributed by atoms with Crippen LogP contribution in [-0.4, -0.2) is 30.1 Å². The van der Waals surface area contributed by atoms with Gasteiger partial charge in [0.15, 0.2) is 11.5 Å². The summed E-state index contributed by atoms with van der Waals surface area (Å²) >= 11 is 0. The average Bonchev–Trinajstić information content (AvgIpc) is 2.83. The molecule has 0 aliphatic heterocycles. The second-order valence-electron chi connectivity index (χ2n) is 4.56. The zero-order chi connectivity index (χ0) is 14.7. The van der Waals surface area contributed by atoms with Gasteiger partial charge in [-0.3, -0.25) is 4.79 Å². The lowest BCUT2D eigenvalue weighted by Crippen LogP contribution is -2.25. The third kappa shape index (κ3) is 2.93. The molecule has 0 saturated heterocycles. The summed E-state index contributed by atoms with van der Waals surface area (Å²) in [5.74, 6) is 1.61. The number of hydrogen-bond donors (Lipinski definition) is 1. The Balaban J connectivity index is 2.12. The van der Waals surface area contributed by atoms with Crippen LogP contribution >= 0.6 is 0 Å². The number of carbonyl (C=O) groups excluding carboxylic acids is 1. The summed E-state index contributed by atoms with van der Waals surface area (Å²) < 4.78 is 10.4. The fourth-order valence-corrected chi connectivity index (χ4v) is 1.92. The van der Waals surface area contributed by atoms with Gasteiger partial charge in [0.05, 0.1) is 13.7 Å². The molecule has 0 unspecified atom stereocenters. The molecule has 0 aliphatic rings. The standard InChI is InChI=1S/C15H17NO4/c1-10-4-6-12(20-10)9-16(2)15(18)11-5-7-14(19-3)13(17)8-11/h4-8,17H,9H2,1-3H3. The predicted octanol–water partition coefficient (Wildman–Crippen LogP) is 2.57. The number of rotatable bonds is 4. The highest BCUT2D eigenvalue weighted by Gasteiger charge is 2.15. The zero-order valence-electron chi connectivity index (χ0n) is 11.7. The normalized spacial score (nSPS) is 10.3. The van der Waals surface area contributed by atoms with E-state index in [1.54, 1.807) is 19.2 Å². The highest BCUT2D eigenvalue weighted by atomic mass is 16.5. The topological polar surface area (TPSA) is 62.9 Å². The second kappa shape index (κ2) is 5.69. The van der Waals surface area contributed by atoms with Crippen LogP contribution in [0.15, 0.2) is 34.7 Å². The van der Waals surface area contributed by atoms with Gasteiger partial charge in [-0.2, -0.15) is 0 Å². The zero-order valence-corrected chi connectivity index (χ0v) is 11.7. The van der Waals surface area contributed by atoms with Crippen LogP contribution in [0.2, 0.25) is 0 Å². The first-order chi connectivity index (χ1) is 9.51. The number of amides is 1. The van der Waals surface area contributed by atoms with Crippen LogP contribution < -0.4 is 4.74 Å². The highest BCUT2D eigenvalue weighted by Crippen LogP contribution is 2.26. The minimum absolute atomic E-state index is 0.0550. The SMILES string of the molecule is COc1ccc(C(=O)N(C)Cc2ccc(C)o2)cc1O. The number of nitrogens with zero attached hydrogens (tertiary/aromatic N) is 1. The maximum atomic E-state index is 12.2. The fraction of sp³-hybridized carbons (Fsp3) is 0.267. The summed E-state index contributed by atoms with van der Waals surface area (Å²) in [6.07, 6.45) is 0. The molecule has 1 amide bonds. The Labute approximate surface area is 117 Å². The van der Waals surface area contributed by atoms with Gasteiger partial charge in [0, 0.05) is 12.6 Å². The minimum Gasteiger partial charge on any atom is -0.504 e. The number of furan rings is 1. The van der Waals surface area contributed by atoms with Crippen molar-refractivity contribution in [2.45, 2.75) is 13.5 Å². The third-order valence-corrected chi connectivity index (χ3v) is 2.96. The van der Waals surface area contributed by atoms with E-state index in [1.165, 1.54) is 18.1 Å². The molecule has 5 heteroatoms. The Kier molecular flexibility index (Phi) is 3.98. The largest absolute Gasteiger partial charge is 0.504 e. The van der Waals surface area contributed by atoms with Crippen LogP contribution in [0.5, 0.6) is 11.5 Å². The van der Waals surface area contributed by atoms with Crippen molar-refractivity contribution in [2.24, 2.45) is 0 Å². The van der Waals surface area contributed by atoms with Crippen LogP contribution in [-0.2, 0) is 6.54 Å². The van der Waals surface area contributed by atoms with Crippen molar-refractivity contribution in [3.05, 3.63) is 47.4 Å². The van der Waals surface area contributed by atoms with Crippen LogP contribution in [0.4, 0.5) is 0 Å². The minimum atomic E-state index is -0.197. The Morgan fingerprint density at radius 2 is 2.10 bits per heavy atom. The van der Waals surface area contributed by atoms with Crippen molar-refractivity contribution in [1.29, 1.82) is 0 Å². The third-order valence-electron chi connectivity index (χ3n) is 2.96. The van der Waals surface area contributed by atoms with Gasteiger partial charge in [0.2, 0.25) is 0 Å². The summed E-state index contributed by atoms with van der Waals surface area (Å²) in [7, 11) is 3.14. The van der Waals surface area contributed by atoms with E-state index in [9.17, 15) is 9.90 Å². The number of benzene rings is 1. The molecule has 20 heavy (non-hydrogen) atoms. The van der Waals surface area contributed by atoms with Crippen molar-refractivity contribution in [3.63, 3.8) is 0 Å². The number of hydrogen-bond acceptors (Lipinski definition) is 4. The molecular formula is C15H17NO4. The predicted molar refractivity (Wildman–Crippen MR) is 73.9 cm³/mol. The maximum absolute atomic E-state index is 12.2. The Hall–Kier alpha value is -2.43. The monoisotopic (exact) mass is 275 g/mol. The molecule has 5 nitrogen and oxygen atoms in total. The first-order valence-electron chi connectivity index (χ1n) is 6.19. The molecule has 0 radical (unpaired) electrons. The van der Waals surface area contributed by atoms with E-state index in [0.717, 1.165) is 11.5 Å². The van der Waals surface area contributed by atoms with Crippen LogP contribution in [0.1, 0.15) is 21.9 Å². The van der Waals surface area contributed by atoms with Crippen molar-refractivity contribution in [1.82, 2.24) is 4.90 Å². The fourth-order valence-electron chi connectivity index (χ4n) is 1.92. The van der Waals surface area contributed by atoms with Crippen LogP contribution in [0, 0.1) is 6.92 Å². The van der Waals surface area contributed by atoms with Crippen LogP contribution in [0.25, 0.3) is 0 Å². The van der Waals surface area contributed by atoms with E-state index in [4.69, 9.17) is 9.15 Å². The van der Waals surface area contributed by atoms with Gasteiger partial charge in [-0.05, 0) is 37.3 Å².